The minimum Gasteiger partial charge on any atom is -0.457 e. The van der Waals surface area contributed by atoms with Crippen molar-refractivity contribution in [2.24, 2.45) is 0 Å². The lowest BCUT2D eigenvalue weighted by Gasteiger charge is -2.08. The lowest BCUT2D eigenvalue weighted by atomic mass is 10.2. The molecule has 0 aliphatic rings. The number of carbonyl (C=O) groups excluding carboxylic acids is 1. The maximum atomic E-state index is 11.8. The van der Waals surface area contributed by atoms with E-state index < -0.39 is 12.1 Å². The van der Waals surface area contributed by atoms with Crippen LogP contribution in [0.2, 0.25) is 0 Å². The molecule has 0 spiro atoms. The zero-order chi connectivity index (χ0) is 14.4. The van der Waals surface area contributed by atoms with Gasteiger partial charge >= 0.3 is 5.97 Å². The Kier molecular flexibility index (Phi) is 4.35. The first-order chi connectivity index (χ1) is 9.69. The second-order valence-corrected chi connectivity index (χ2v) is 4.12. The predicted molar refractivity (Wildman–Crippen MR) is 73.4 cm³/mol. The molecule has 2 aromatic rings. The maximum Gasteiger partial charge on any atom is 0.339 e. The molecule has 0 saturated carbocycles. The summed E-state index contributed by atoms with van der Waals surface area (Å²) in [5, 5.41) is 8.63. The van der Waals surface area contributed by atoms with Gasteiger partial charge in [0.05, 0.1) is 5.56 Å². The molecule has 4 nitrogen and oxygen atoms in total. The minimum absolute atomic E-state index is 0.348. The van der Waals surface area contributed by atoms with Gasteiger partial charge in [0, 0.05) is 0 Å². The molecule has 0 aromatic heterocycles. The number of hydrogen-bond donors (Lipinski definition) is 0. The Morgan fingerprint density at radius 2 is 1.80 bits per heavy atom. The first kappa shape index (κ1) is 13.6. The highest BCUT2D eigenvalue weighted by Gasteiger charge is 2.12. The molecule has 0 aliphatic heterocycles. The van der Waals surface area contributed by atoms with Crippen molar-refractivity contribution in [3.8, 4) is 17.6 Å². The highest BCUT2D eigenvalue weighted by atomic mass is 16.5. The Labute approximate surface area is 117 Å². The van der Waals surface area contributed by atoms with E-state index in [0.717, 1.165) is 0 Å². The zero-order valence-corrected chi connectivity index (χ0v) is 10.9. The van der Waals surface area contributed by atoms with Crippen LogP contribution in [-0.4, -0.2) is 12.1 Å². The van der Waals surface area contributed by atoms with Crippen molar-refractivity contribution in [3.63, 3.8) is 0 Å². The average Bonchev–Trinajstić information content (AvgIpc) is 2.48. The minimum atomic E-state index is -0.777. The molecule has 2 rings (SSSR count). The molecule has 0 bridgehead atoms. The third-order valence-electron chi connectivity index (χ3n) is 2.51. The van der Waals surface area contributed by atoms with Crippen LogP contribution in [0.15, 0.2) is 54.6 Å². The van der Waals surface area contributed by atoms with Crippen LogP contribution in [0.5, 0.6) is 11.5 Å². The smallest absolute Gasteiger partial charge is 0.339 e. The molecule has 0 heterocycles. The summed E-state index contributed by atoms with van der Waals surface area (Å²) >= 11 is 0. The number of para-hydroxylation sites is 1. The Morgan fingerprint density at radius 1 is 1.10 bits per heavy atom. The van der Waals surface area contributed by atoms with Gasteiger partial charge in [0.15, 0.2) is 6.10 Å². The number of rotatable bonds is 4. The molecule has 0 fully saturated rings. The summed E-state index contributed by atoms with van der Waals surface area (Å²) < 4.78 is 10.6. The fourth-order valence-corrected chi connectivity index (χ4v) is 1.57. The maximum absolute atomic E-state index is 11.8. The van der Waals surface area contributed by atoms with Gasteiger partial charge in [-0.2, -0.15) is 5.26 Å². The van der Waals surface area contributed by atoms with Crippen LogP contribution in [0.4, 0.5) is 0 Å². The second kappa shape index (κ2) is 6.39. The van der Waals surface area contributed by atoms with E-state index in [-0.39, 0.29) is 0 Å². The summed E-state index contributed by atoms with van der Waals surface area (Å²) in [6.07, 6.45) is -0.777. The lowest BCUT2D eigenvalue weighted by molar-refractivity contribution is 0.0435. The molecule has 0 N–H and O–H groups in total. The average molecular weight is 267 g/mol. The van der Waals surface area contributed by atoms with E-state index in [1.807, 2.05) is 36.4 Å². The number of nitrogens with zero attached hydrogens (tertiary/aromatic N) is 1. The van der Waals surface area contributed by atoms with Gasteiger partial charge in [0.25, 0.3) is 0 Å². The van der Waals surface area contributed by atoms with E-state index in [9.17, 15) is 4.79 Å². The van der Waals surface area contributed by atoms with Gasteiger partial charge in [-0.25, -0.2) is 4.79 Å². The molecule has 0 unspecified atom stereocenters. The molecule has 1 atom stereocenters. The van der Waals surface area contributed by atoms with E-state index in [4.69, 9.17) is 14.7 Å². The highest BCUT2D eigenvalue weighted by molar-refractivity contribution is 5.90. The number of benzene rings is 2. The molecule has 0 radical (unpaired) electrons. The van der Waals surface area contributed by atoms with Gasteiger partial charge in [0.2, 0.25) is 0 Å². The van der Waals surface area contributed by atoms with Crippen molar-refractivity contribution in [1.82, 2.24) is 0 Å². The van der Waals surface area contributed by atoms with Crippen LogP contribution in [0, 0.1) is 11.3 Å². The summed E-state index contributed by atoms with van der Waals surface area (Å²) in [6, 6.07) is 17.8. The summed E-state index contributed by atoms with van der Waals surface area (Å²) in [6.45, 7) is 1.52. The first-order valence-electron chi connectivity index (χ1n) is 6.12. The van der Waals surface area contributed by atoms with E-state index in [0.29, 0.717) is 17.1 Å². The molecule has 20 heavy (non-hydrogen) atoms. The summed E-state index contributed by atoms with van der Waals surface area (Å²) in [5.74, 6) is 0.677. The third-order valence-corrected chi connectivity index (χ3v) is 2.51. The van der Waals surface area contributed by atoms with Crippen molar-refractivity contribution in [3.05, 3.63) is 60.2 Å². The van der Waals surface area contributed by atoms with Crippen molar-refractivity contribution in [2.75, 3.05) is 0 Å². The SMILES string of the molecule is C[C@@H](C#N)OC(=O)c1cccc(Oc2ccccc2)c1. The topological polar surface area (TPSA) is 59.3 Å². The summed E-state index contributed by atoms with van der Waals surface area (Å²) in [7, 11) is 0. The number of esters is 1. The molecule has 0 aliphatic carbocycles. The van der Waals surface area contributed by atoms with E-state index >= 15 is 0 Å². The second-order valence-electron chi connectivity index (χ2n) is 4.12. The normalized spacial score (nSPS) is 11.2. The number of hydrogen-bond acceptors (Lipinski definition) is 4. The van der Waals surface area contributed by atoms with E-state index in [1.165, 1.54) is 6.92 Å². The molecule has 0 saturated heterocycles. The van der Waals surface area contributed by atoms with Crippen LogP contribution < -0.4 is 4.74 Å². The zero-order valence-electron chi connectivity index (χ0n) is 10.9. The van der Waals surface area contributed by atoms with Crippen LogP contribution in [0.25, 0.3) is 0 Å². The Balaban J connectivity index is 2.12. The van der Waals surface area contributed by atoms with E-state index in [2.05, 4.69) is 0 Å². The van der Waals surface area contributed by atoms with Crippen molar-refractivity contribution < 1.29 is 14.3 Å². The van der Waals surface area contributed by atoms with Gasteiger partial charge in [-0.3, -0.25) is 0 Å². The standard InChI is InChI=1S/C16H13NO3/c1-12(11-17)19-16(18)13-6-5-9-15(10-13)20-14-7-3-2-4-8-14/h2-10,12H,1H3/t12-/m0/s1. The molecular weight excluding hydrogens is 254 g/mol. The van der Waals surface area contributed by atoms with Gasteiger partial charge in [-0.15, -0.1) is 0 Å². The fourth-order valence-electron chi connectivity index (χ4n) is 1.57. The Morgan fingerprint density at radius 3 is 2.50 bits per heavy atom. The van der Waals surface area contributed by atoms with Crippen LogP contribution >= 0.6 is 0 Å². The fraction of sp³-hybridized carbons (Fsp3) is 0.125. The van der Waals surface area contributed by atoms with Crippen molar-refractivity contribution in [2.45, 2.75) is 13.0 Å². The number of ether oxygens (including phenoxy) is 2. The summed E-state index contributed by atoms with van der Waals surface area (Å²) in [5.41, 5.74) is 0.348. The predicted octanol–water partition coefficient (Wildman–Crippen LogP) is 3.55. The molecule has 4 heteroatoms. The number of nitriles is 1. The largest absolute Gasteiger partial charge is 0.457 e. The Bertz CT molecular complexity index is 632. The van der Waals surface area contributed by atoms with Crippen LogP contribution in [0.1, 0.15) is 17.3 Å². The van der Waals surface area contributed by atoms with Crippen LogP contribution in [0.3, 0.4) is 0 Å². The third kappa shape index (κ3) is 3.59. The monoisotopic (exact) mass is 267 g/mol. The highest BCUT2D eigenvalue weighted by Crippen LogP contribution is 2.22. The van der Waals surface area contributed by atoms with Crippen molar-refractivity contribution >= 4 is 5.97 Å². The Hall–Kier alpha value is -2.80. The van der Waals surface area contributed by atoms with Gasteiger partial charge in [-0.1, -0.05) is 24.3 Å². The molecular formula is C16H13NO3. The van der Waals surface area contributed by atoms with Crippen molar-refractivity contribution in [1.29, 1.82) is 5.26 Å². The molecule has 0 amide bonds. The number of carbonyl (C=O) groups is 1. The summed E-state index contributed by atoms with van der Waals surface area (Å²) in [4.78, 5) is 11.8. The van der Waals surface area contributed by atoms with Crippen LogP contribution in [-0.2, 0) is 4.74 Å². The van der Waals surface area contributed by atoms with E-state index in [1.54, 1.807) is 24.3 Å². The lowest BCUT2D eigenvalue weighted by Crippen LogP contribution is -2.12. The van der Waals surface area contributed by atoms with Gasteiger partial charge in [-0.05, 0) is 37.3 Å². The molecule has 100 valence electrons. The first-order valence-corrected chi connectivity index (χ1v) is 6.12. The van der Waals surface area contributed by atoms with Gasteiger partial charge < -0.3 is 9.47 Å². The quantitative estimate of drug-likeness (QED) is 0.795. The molecule has 2 aromatic carbocycles. The van der Waals surface area contributed by atoms with Gasteiger partial charge in [0.1, 0.15) is 17.6 Å².